The Morgan fingerprint density at radius 2 is 1.90 bits per heavy atom. The molecular weight excluding hydrogens is 262 g/mol. The average molecular weight is 283 g/mol. The maximum Gasteiger partial charge on any atom is 0.163 e. The molecular formula is C18H21NO2. The fraction of sp³-hybridized carbons (Fsp3) is 0.444. The number of ether oxygens (including phenoxy) is 2. The van der Waals surface area contributed by atoms with Crippen LogP contribution in [0.5, 0.6) is 0 Å². The zero-order valence-electron chi connectivity index (χ0n) is 12.5. The summed E-state index contributed by atoms with van der Waals surface area (Å²) >= 11 is 0. The van der Waals surface area contributed by atoms with E-state index in [1.165, 1.54) is 16.3 Å². The highest BCUT2D eigenvalue weighted by Gasteiger charge is 2.48. The fourth-order valence-electron chi connectivity index (χ4n) is 3.55. The van der Waals surface area contributed by atoms with Gasteiger partial charge in [-0.25, -0.2) is 0 Å². The van der Waals surface area contributed by atoms with Crippen LogP contribution in [0.3, 0.4) is 0 Å². The highest BCUT2D eigenvalue weighted by Crippen LogP contribution is 2.33. The van der Waals surface area contributed by atoms with Crippen molar-refractivity contribution in [1.82, 2.24) is 5.32 Å². The van der Waals surface area contributed by atoms with Gasteiger partial charge in [0.05, 0.1) is 0 Å². The summed E-state index contributed by atoms with van der Waals surface area (Å²) in [6.07, 6.45) is 1.32. The predicted octanol–water partition coefficient (Wildman–Crippen LogP) is 2.87. The topological polar surface area (TPSA) is 30.5 Å². The standard InChI is InChI=1S/C18H21NO2/c1-18(2)20-16-11-19-15(17(16)21-18)10-12-7-8-13-5-3-4-6-14(13)9-12/h3-9,15-17,19H,10-11H2,1-2H3/t15?,16-,17+/m1/s1. The van der Waals surface area contributed by atoms with E-state index < -0.39 is 5.79 Å². The zero-order valence-corrected chi connectivity index (χ0v) is 12.5. The van der Waals surface area contributed by atoms with Gasteiger partial charge in [0.15, 0.2) is 5.79 Å². The highest BCUT2D eigenvalue weighted by molar-refractivity contribution is 5.83. The summed E-state index contributed by atoms with van der Waals surface area (Å²) in [4.78, 5) is 0. The summed E-state index contributed by atoms with van der Waals surface area (Å²) in [7, 11) is 0. The lowest BCUT2D eigenvalue weighted by Crippen LogP contribution is -2.36. The van der Waals surface area contributed by atoms with Crippen LogP contribution in [0.2, 0.25) is 0 Å². The van der Waals surface area contributed by atoms with Gasteiger partial charge in [-0.15, -0.1) is 0 Å². The number of benzene rings is 2. The van der Waals surface area contributed by atoms with Crippen molar-refractivity contribution in [2.75, 3.05) is 6.54 Å². The molecule has 2 aliphatic heterocycles. The molecule has 2 saturated heterocycles. The molecule has 4 rings (SSSR count). The number of rotatable bonds is 2. The molecule has 2 aliphatic rings. The molecule has 3 heteroatoms. The first kappa shape index (κ1) is 13.3. The Bertz CT molecular complexity index is 667. The molecule has 0 bridgehead atoms. The molecule has 0 aliphatic carbocycles. The minimum atomic E-state index is -0.445. The normalized spacial score (nSPS) is 30.7. The van der Waals surface area contributed by atoms with Crippen LogP contribution in [0.25, 0.3) is 10.8 Å². The molecule has 3 nitrogen and oxygen atoms in total. The fourth-order valence-corrected chi connectivity index (χ4v) is 3.55. The van der Waals surface area contributed by atoms with Crippen LogP contribution < -0.4 is 5.32 Å². The molecule has 3 atom stereocenters. The Morgan fingerprint density at radius 1 is 1.10 bits per heavy atom. The molecule has 0 spiro atoms. The Hall–Kier alpha value is -1.42. The van der Waals surface area contributed by atoms with Crippen molar-refractivity contribution in [1.29, 1.82) is 0 Å². The lowest BCUT2D eigenvalue weighted by Gasteiger charge is -2.22. The number of fused-ring (bicyclic) bond motifs is 2. The first-order valence-corrected chi connectivity index (χ1v) is 7.67. The largest absolute Gasteiger partial charge is 0.343 e. The van der Waals surface area contributed by atoms with E-state index in [2.05, 4.69) is 47.8 Å². The molecule has 0 aromatic heterocycles. The van der Waals surface area contributed by atoms with Gasteiger partial charge in [-0.1, -0.05) is 42.5 Å². The van der Waals surface area contributed by atoms with Crippen molar-refractivity contribution >= 4 is 10.8 Å². The summed E-state index contributed by atoms with van der Waals surface area (Å²) in [6, 6.07) is 15.5. The van der Waals surface area contributed by atoms with Crippen molar-refractivity contribution in [2.24, 2.45) is 0 Å². The third-order valence-electron chi connectivity index (χ3n) is 4.47. The van der Waals surface area contributed by atoms with E-state index in [-0.39, 0.29) is 12.2 Å². The van der Waals surface area contributed by atoms with Gasteiger partial charge in [0, 0.05) is 12.6 Å². The van der Waals surface area contributed by atoms with Crippen LogP contribution >= 0.6 is 0 Å². The van der Waals surface area contributed by atoms with Gasteiger partial charge in [0.25, 0.3) is 0 Å². The summed E-state index contributed by atoms with van der Waals surface area (Å²) < 4.78 is 12.0. The second-order valence-corrected chi connectivity index (χ2v) is 6.54. The number of hydrogen-bond donors (Lipinski definition) is 1. The van der Waals surface area contributed by atoms with Crippen molar-refractivity contribution < 1.29 is 9.47 Å². The van der Waals surface area contributed by atoms with Crippen LogP contribution in [-0.4, -0.2) is 30.6 Å². The minimum Gasteiger partial charge on any atom is -0.343 e. The van der Waals surface area contributed by atoms with Crippen molar-refractivity contribution in [3.8, 4) is 0 Å². The Labute approximate surface area is 125 Å². The van der Waals surface area contributed by atoms with E-state index >= 15 is 0 Å². The first-order valence-electron chi connectivity index (χ1n) is 7.67. The Kier molecular flexibility index (Phi) is 3.03. The molecule has 2 aromatic carbocycles. The first-order chi connectivity index (χ1) is 10.1. The third kappa shape index (κ3) is 2.46. The lowest BCUT2D eigenvalue weighted by molar-refractivity contribution is -0.152. The molecule has 2 heterocycles. The van der Waals surface area contributed by atoms with Crippen LogP contribution in [0, 0.1) is 0 Å². The van der Waals surface area contributed by atoms with Gasteiger partial charge >= 0.3 is 0 Å². The zero-order chi connectivity index (χ0) is 14.4. The number of hydrogen-bond acceptors (Lipinski definition) is 3. The Balaban J connectivity index is 1.55. The third-order valence-corrected chi connectivity index (χ3v) is 4.47. The molecule has 21 heavy (non-hydrogen) atoms. The second-order valence-electron chi connectivity index (χ2n) is 6.54. The van der Waals surface area contributed by atoms with E-state index in [4.69, 9.17) is 9.47 Å². The quantitative estimate of drug-likeness (QED) is 0.919. The maximum absolute atomic E-state index is 6.06. The maximum atomic E-state index is 6.06. The van der Waals surface area contributed by atoms with Gasteiger partial charge < -0.3 is 14.8 Å². The molecule has 0 radical (unpaired) electrons. The monoisotopic (exact) mass is 283 g/mol. The predicted molar refractivity (Wildman–Crippen MR) is 83.3 cm³/mol. The molecule has 2 fully saturated rings. The van der Waals surface area contributed by atoms with E-state index in [0.717, 1.165) is 13.0 Å². The molecule has 1 N–H and O–H groups in total. The van der Waals surface area contributed by atoms with Crippen molar-refractivity contribution in [2.45, 2.75) is 44.3 Å². The van der Waals surface area contributed by atoms with Crippen LogP contribution in [-0.2, 0) is 15.9 Å². The van der Waals surface area contributed by atoms with E-state index in [0.29, 0.717) is 6.04 Å². The molecule has 110 valence electrons. The van der Waals surface area contributed by atoms with Gasteiger partial charge in [0.1, 0.15) is 12.2 Å². The molecule has 0 saturated carbocycles. The van der Waals surface area contributed by atoms with Crippen LogP contribution in [0.4, 0.5) is 0 Å². The summed E-state index contributed by atoms with van der Waals surface area (Å²) in [5.74, 6) is -0.445. The van der Waals surface area contributed by atoms with E-state index in [1.807, 2.05) is 13.8 Å². The van der Waals surface area contributed by atoms with Crippen LogP contribution in [0.15, 0.2) is 42.5 Å². The number of nitrogens with one attached hydrogen (secondary N) is 1. The van der Waals surface area contributed by atoms with E-state index in [1.54, 1.807) is 0 Å². The average Bonchev–Trinajstić information content (AvgIpc) is 2.95. The van der Waals surface area contributed by atoms with Gasteiger partial charge in [-0.2, -0.15) is 0 Å². The van der Waals surface area contributed by atoms with Crippen LogP contribution in [0.1, 0.15) is 19.4 Å². The highest BCUT2D eigenvalue weighted by atomic mass is 16.8. The summed E-state index contributed by atoms with van der Waals surface area (Å²) in [6.45, 7) is 4.88. The molecule has 2 aromatic rings. The Morgan fingerprint density at radius 3 is 2.76 bits per heavy atom. The molecule has 1 unspecified atom stereocenters. The minimum absolute atomic E-state index is 0.159. The second kappa shape index (κ2) is 4.80. The van der Waals surface area contributed by atoms with E-state index in [9.17, 15) is 0 Å². The molecule has 0 amide bonds. The smallest absolute Gasteiger partial charge is 0.163 e. The van der Waals surface area contributed by atoms with Gasteiger partial charge in [-0.3, -0.25) is 0 Å². The van der Waals surface area contributed by atoms with Crippen molar-refractivity contribution in [3.05, 3.63) is 48.0 Å². The van der Waals surface area contributed by atoms with Gasteiger partial charge in [-0.05, 0) is 36.6 Å². The summed E-state index contributed by atoms with van der Waals surface area (Å²) in [5.41, 5.74) is 1.35. The SMILES string of the molecule is CC1(C)O[C@@H]2CNC(Cc3ccc4ccccc4c3)[C@@H]2O1. The van der Waals surface area contributed by atoms with Crippen molar-refractivity contribution in [3.63, 3.8) is 0 Å². The summed E-state index contributed by atoms with van der Waals surface area (Å²) in [5, 5.41) is 6.13. The lowest BCUT2D eigenvalue weighted by atomic mass is 9.99. The van der Waals surface area contributed by atoms with Gasteiger partial charge in [0.2, 0.25) is 0 Å².